The van der Waals surface area contributed by atoms with E-state index in [1.165, 1.54) is 5.56 Å². The van der Waals surface area contributed by atoms with Gasteiger partial charge in [-0.25, -0.2) is 4.79 Å². The van der Waals surface area contributed by atoms with Gasteiger partial charge in [-0.05, 0) is 17.9 Å². The molecule has 3 rings (SSSR count). The predicted octanol–water partition coefficient (Wildman–Crippen LogP) is 0.811. The molecule has 0 spiro atoms. The number of amides is 2. The van der Waals surface area contributed by atoms with Crippen LogP contribution in [0.4, 0.5) is 4.79 Å². The van der Waals surface area contributed by atoms with Crippen molar-refractivity contribution in [2.45, 2.75) is 6.42 Å². The first-order valence-corrected chi connectivity index (χ1v) is 9.24. The molecule has 6 heteroatoms. The number of ether oxygens (including phenoxy) is 1. The number of nitrogens with one attached hydrogen (secondary N) is 1. The monoisotopic (exact) mass is 347 g/mol. The first kappa shape index (κ1) is 18.2. The lowest BCUT2D eigenvalue weighted by Gasteiger charge is -2.30. The van der Waals surface area contributed by atoms with Crippen molar-refractivity contribution in [1.82, 2.24) is 15.1 Å². The first-order valence-electron chi connectivity index (χ1n) is 9.24. The zero-order valence-corrected chi connectivity index (χ0v) is 14.8. The highest BCUT2D eigenvalue weighted by molar-refractivity contribution is 5.74. The fourth-order valence-electron chi connectivity index (χ4n) is 3.70. The van der Waals surface area contributed by atoms with Gasteiger partial charge in [0.1, 0.15) is 0 Å². The van der Waals surface area contributed by atoms with Gasteiger partial charge < -0.3 is 20.1 Å². The van der Waals surface area contributed by atoms with Crippen molar-refractivity contribution in [2.24, 2.45) is 11.8 Å². The molecule has 25 heavy (non-hydrogen) atoms. The molecule has 0 aromatic heterocycles. The molecular formula is C19H29N3O3. The standard InChI is InChI=1S/C19H29N3O3/c23-15-18-14-22(13-17(18)12-21-8-10-25-11-9-21)19(24)20-7-6-16-4-2-1-3-5-16/h1-5,17-18,23H,6-15H2,(H,20,24)/t17-,18-/m1/s1. The van der Waals surface area contributed by atoms with E-state index in [0.29, 0.717) is 19.0 Å². The highest BCUT2D eigenvalue weighted by atomic mass is 16.5. The van der Waals surface area contributed by atoms with Gasteiger partial charge in [0.05, 0.1) is 13.2 Å². The summed E-state index contributed by atoms with van der Waals surface area (Å²) in [6.45, 7) is 6.52. The van der Waals surface area contributed by atoms with E-state index in [-0.39, 0.29) is 18.6 Å². The Bertz CT molecular complexity index is 534. The fourth-order valence-corrected chi connectivity index (χ4v) is 3.70. The molecule has 2 aliphatic heterocycles. The Labute approximate surface area is 149 Å². The number of hydrogen-bond acceptors (Lipinski definition) is 4. The molecular weight excluding hydrogens is 318 g/mol. The van der Waals surface area contributed by atoms with Gasteiger partial charge in [0.15, 0.2) is 0 Å². The average molecular weight is 347 g/mol. The molecule has 1 aromatic rings. The lowest BCUT2D eigenvalue weighted by molar-refractivity contribution is 0.0265. The van der Waals surface area contributed by atoms with Crippen LogP contribution in [-0.2, 0) is 11.2 Å². The van der Waals surface area contributed by atoms with Crippen molar-refractivity contribution in [3.63, 3.8) is 0 Å². The van der Waals surface area contributed by atoms with E-state index < -0.39 is 0 Å². The van der Waals surface area contributed by atoms with E-state index in [4.69, 9.17) is 4.74 Å². The highest BCUT2D eigenvalue weighted by Crippen LogP contribution is 2.24. The molecule has 0 bridgehead atoms. The number of carbonyl (C=O) groups excluding carboxylic acids is 1. The molecule has 0 radical (unpaired) electrons. The number of aliphatic hydroxyl groups excluding tert-OH is 1. The average Bonchev–Trinajstić information content (AvgIpc) is 3.06. The Morgan fingerprint density at radius 1 is 1.16 bits per heavy atom. The van der Waals surface area contributed by atoms with Crippen molar-refractivity contribution in [3.8, 4) is 0 Å². The number of likely N-dealkylation sites (tertiary alicyclic amines) is 1. The molecule has 2 heterocycles. The Hall–Kier alpha value is -1.63. The van der Waals surface area contributed by atoms with Crippen molar-refractivity contribution < 1.29 is 14.6 Å². The number of rotatable bonds is 6. The van der Waals surface area contributed by atoms with E-state index in [1.54, 1.807) is 0 Å². The third-order valence-corrected chi connectivity index (χ3v) is 5.23. The number of benzene rings is 1. The number of carbonyl (C=O) groups is 1. The zero-order valence-electron chi connectivity index (χ0n) is 14.8. The second-order valence-electron chi connectivity index (χ2n) is 6.99. The number of morpholine rings is 1. The van der Waals surface area contributed by atoms with Gasteiger partial charge >= 0.3 is 6.03 Å². The molecule has 0 unspecified atom stereocenters. The molecule has 2 N–H and O–H groups in total. The van der Waals surface area contributed by atoms with Crippen LogP contribution >= 0.6 is 0 Å². The summed E-state index contributed by atoms with van der Waals surface area (Å²) in [5.41, 5.74) is 1.22. The van der Waals surface area contributed by atoms with Crippen LogP contribution in [0.25, 0.3) is 0 Å². The summed E-state index contributed by atoms with van der Waals surface area (Å²) in [6.07, 6.45) is 0.834. The van der Waals surface area contributed by atoms with Gasteiger partial charge in [-0.2, -0.15) is 0 Å². The highest BCUT2D eigenvalue weighted by Gasteiger charge is 2.35. The second-order valence-corrected chi connectivity index (χ2v) is 6.99. The molecule has 2 aliphatic rings. The summed E-state index contributed by atoms with van der Waals surface area (Å²) in [6, 6.07) is 10.2. The van der Waals surface area contributed by atoms with Gasteiger partial charge in [-0.1, -0.05) is 30.3 Å². The first-order chi connectivity index (χ1) is 12.3. The smallest absolute Gasteiger partial charge is 0.317 e. The summed E-state index contributed by atoms with van der Waals surface area (Å²) in [5.74, 6) is 0.505. The minimum absolute atomic E-state index is 0.0149. The van der Waals surface area contributed by atoms with Gasteiger partial charge in [0.25, 0.3) is 0 Å². The fraction of sp³-hybridized carbons (Fsp3) is 0.632. The van der Waals surface area contributed by atoms with Crippen molar-refractivity contribution >= 4 is 6.03 Å². The van der Waals surface area contributed by atoms with Gasteiger partial charge in [-0.3, -0.25) is 4.90 Å². The number of aliphatic hydroxyl groups is 1. The van der Waals surface area contributed by atoms with Gasteiger partial charge in [0.2, 0.25) is 0 Å². The van der Waals surface area contributed by atoms with Crippen LogP contribution in [0.2, 0.25) is 0 Å². The Balaban J connectivity index is 1.44. The maximum Gasteiger partial charge on any atom is 0.317 e. The number of nitrogens with zero attached hydrogens (tertiary/aromatic N) is 2. The largest absolute Gasteiger partial charge is 0.396 e. The second kappa shape index (κ2) is 9.17. The molecule has 2 amide bonds. The molecule has 2 saturated heterocycles. The van der Waals surface area contributed by atoms with Crippen LogP contribution in [0, 0.1) is 11.8 Å². The molecule has 138 valence electrons. The molecule has 6 nitrogen and oxygen atoms in total. The maximum absolute atomic E-state index is 12.4. The summed E-state index contributed by atoms with van der Waals surface area (Å²) in [7, 11) is 0. The van der Waals surface area contributed by atoms with Gasteiger partial charge in [-0.15, -0.1) is 0 Å². The third kappa shape index (κ3) is 5.17. The summed E-state index contributed by atoms with van der Waals surface area (Å²) < 4.78 is 5.39. The lowest BCUT2D eigenvalue weighted by atomic mass is 9.96. The summed E-state index contributed by atoms with van der Waals surface area (Å²) in [4.78, 5) is 16.7. The molecule has 2 atom stereocenters. The van der Waals surface area contributed by atoms with E-state index in [1.807, 2.05) is 23.1 Å². The van der Waals surface area contributed by atoms with Crippen LogP contribution < -0.4 is 5.32 Å². The van der Waals surface area contributed by atoms with Crippen LogP contribution in [-0.4, -0.2) is 80.0 Å². The topological polar surface area (TPSA) is 65.0 Å². The van der Waals surface area contributed by atoms with Crippen LogP contribution in [0.1, 0.15) is 5.56 Å². The molecule has 0 saturated carbocycles. The SMILES string of the molecule is O=C(NCCc1ccccc1)N1C[C@@H](CN2CCOCC2)[C@@H](CO)C1. The minimum Gasteiger partial charge on any atom is -0.396 e. The van der Waals surface area contributed by atoms with Crippen LogP contribution in [0.5, 0.6) is 0 Å². The van der Waals surface area contributed by atoms with E-state index >= 15 is 0 Å². The van der Waals surface area contributed by atoms with Crippen molar-refractivity contribution in [3.05, 3.63) is 35.9 Å². The van der Waals surface area contributed by atoms with Gasteiger partial charge in [0, 0.05) is 51.8 Å². The lowest BCUT2D eigenvalue weighted by Crippen LogP contribution is -2.42. The van der Waals surface area contributed by atoms with E-state index in [0.717, 1.165) is 45.8 Å². The van der Waals surface area contributed by atoms with E-state index in [2.05, 4.69) is 22.3 Å². The molecule has 0 aliphatic carbocycles. The van der Waals surface area contributed by atoms with Crippen LogP contribution in [0.3, 0.4) is 0 Å². The predicted molar refractivity (Wildman–Crippen MR) is 96.4 cm³/mol. The quantitative estimate of drug-likeness (QED) is 0.799. The minimum atomic E-state index is -0.0149. The number of hydrogen-bond donors (Lipinski definition) is 2. The normalized spacial score (nSPS) is 24.4. The Kier molecular flexibility index (Phi) is 6.67. The summed E-state index contributed by atoms with van der Waals surface area (Å²) >= 11 is 0. The van der Waals surface area contributed by atoms with Crippen LogP contribution in [0.15, 0.2) is 30.3 Å². The third-order valence-electron chi connectivity index (χ3n) is 5.23. The molecule has 1 aromatic carbocycles. The molecule has 2 fully saturated rings. The van der Waals surface area contributed by atoms with Crippen molar-refractivity contribution in [1.29, 1.82) is 0 Å². The number of urea groups is 1. The van der Waals surface area contributed by atoms with Crippen molar-refractivity contribution in [2.75, 3.05) is 59.1 Å². The Morgan fingerprint density at radius 3 is 2.60 bits per heavy atom. The zero-order chi connectivity index (χ0) is 17.5. The maximum atomic E-state index is 12.4. The Morgan fingerprint density at radius 2 is 1.88 bits per heavy atom. The summed E-state index contributed by atoms with van der Waals surface area (Å²) in [5, 5.41) is 12.7. The van der Waals surface area contributed by atoms with E-state index in [9.17, 15) is 9.90 Å².